The Labute approximate surface area is 121 Å². The topological polar surface area (TPSA) is 40.2 Å². The van der Waals surface area contributed by atoms with Crippen molar-refractivity contribution in [1.29, 1.82) is 0 Å². The van der Waals surface area contributed by atoms with Crippen LogP contribution >= 0.6 is 15.9 Å². The van der Waals surface area contributed by atoms with Gasteiger partial charge in [-0.2, -0.15) is 0 Å². The third-order valence-corrected chi connectivity index (χ3v) is 4.39. The number of benzene rings is 1. The first kappa shape index (κ1) is 12.8. The number of nitrogens with zero attached hydrogens (tertiary/aromatic N) is 1. The fourth-order valence-corrected chi connectivity index (χ4v) is 3.30. The predicted octanol–water partition coefficient (Wildman–Crippen LogP) is 3.58. The molecule has 3 rings (SSSR count). The van der Waals surface area contributed by atoms with Crippen molar-refractivity contribution >= 4 is 15.9 Å². The minimum Gasteiger partial charge on any atom is -0.496 e. The molecule has 0 radical (unpaired) electrons. The fraction of sp³-hybridized carbons (Fsp3) is 0.333. The van der Waals surface area contributed by atoms with E-state index < -0.39 is 0 Å². The van der Waals surface area contributed by atoms with Gasteiger partial charge in [0.25, 0.3) is 0 Å². The summed E-state index contributed by atoms with van der Waals surface area (Å²) in [5.41, 5.74) is 9.95. The van der Waals surface area contributed by atoms with Crippen molar-refractivity contribution in [2.75, 3.05) is 7.11 Å². The molecule has 1 aliphatic rings. The lowest BCUT2D eigenvalue weighted by Gasteiger charge is -2.21. The Morgan fingerprint density at radius 3 is 2.95 bits per heavy atom. The van der Waals surface area contributed by atoms with Gasteiger partial charge in [0, 0.05) is 23.6 Å². The Balaban J connectivity index is 2.05. The second kappa shape index (κ2) is 5.02. The number of methoxy groups -OCH3 is 1. The molecule has 0 spiro atoms. The number of halogens is 1. The summed E-state index contributed by atoms with van der Waals surface area (Å²) < 4.78 is 8.47. The van der Waals surface area contributed by atoms with E-state index in [-0.39, 0.29) is 6.04 Å². The van der Waals surface area contributed by atoms with Gasteiger partial charge in [-0.3, -0.25) is 0 Å². The fourth-order valence-electron chi connectivity index (χ4n) is 2.77. The van der Waals surface area contributed by atoms with Gasteiger partial charge >= 0.3 is 0 Å². The van der Waals surface area contributed by atoms with Crippen molar-refractivity contribution < 1.29 is 4.74 Å². The van der Waals surface area contributed by atoms with Crippen LogP contribution in [0.5, 0.6) is 5.75 Å². The number of hydrogen-bond donors (Lipinski definition) is 1. The summed E-state index contributed by atoms with van der Waals surface area (Å²) >= 11 is 3.54. The van der Waals surface area contributed by atoms with Gasteiger partial charge in [0.05, 0.1) is 11.6 Å². The minimum absolute atomic E-state index is 0.187. The Bertz CT molecular complexity index is 606. The molecule has 0 fully saturated rings. The van der Waals surface area contributed by atoms with Crippen molar-refractivity contribution in [2.24, 2.45) is 5.73 Å². The number of hydrogen-bond acceptors (Lipinski definition) is 2. The van der Waals surface area contributed by atoms with Crippen molar-refractivity contribution in [3.63, 3.8) is 0 Å². The maximum absolute atomic E-state index is 6.17. The molecule has 1 aliphatic carbocycles. The largest absolute Gasteiger partial charge is 0.496 e. The van der Waals surface area contributed by atoms with E-state index in [2.05, 4.69) is 44.9 Å². The van der Waals surface area contributed by atoms with Crippen molar-refractivity contribution in [1.82, 2.24) is 4.57 Å². The Morgan fingerprint density at radius 2 is 2.21 bits per heavy atom. The molecule has 100 valence electrons. The zero-order chi connectivity index (χ0) is 13.4. The van der Waals surface area contributed by atoms with Gasteiger partial charge in [-0.05, 0) is 65.0 Å². The normalized spacial score (nSPS) is 18.2. The van der Waals surface area contributed by atoms with E-state index >= 15 is 0 Å². The summed E-state index contributed by atoms with van der Waals surface area (Å²) in [6, 6.07) is 8.47. The molecule has 1 unspecified atom stereocenters. The van der Waals surface area contributed by atoms with Crippen LogP contribution < -0.4 is 10.5 Å². The van der Waals surface area contributed by atoms with E-state index in [1.54, 1.807) is 7.11 Å². The third-order valence-electron chi connectivity index (χ3n) is 3.77. The van der Waals surface area contributed by atoms with Gasteiger partial charge in [-0.25, -0.2) is 0 Å². The van der Waals surface area contributed by atoms with E-state index in [0.717, 1.165) is 35.2 Å². The van der Waals surface area contributed by atoms with Crippen LogP contribution in [0.1, 0.15) is 30.1 Å². The van der Waals surface area contributed by atoms with E-state index in [1.165, 1.54) is 11.3 Å². The van der Waals surface area contributed by atoms with Gasteiger partial charge in [0.1, 0.15) is 5.75 Å². The molecule has 19 heavy (non-hydrogen) atoms. The highest BCUT2D eigenvalue weighted by Gasteiger charge is 2.20. The lowest BCUT2D eigenvalue weighted by molar-refractivity contribution is 0.412. The van der Waals surface area contributed by atoms with Gasteiger partial charge < -0.3 is 15.0 Å². The standard InChI is InChI=1S/C15H17BrN2O/c1-19-15-6-5-10(9-12(15)16)18-8-7-11-13(17)3-2-4-14(11)18/h5-9,13H,2-4,17H2,1H3. The average Bonchev–Trinajstić information content (AvgIpc) is 2.84. The smallest absolute Gasteiger partial charge is 0.133 e. The molecule has 0 saturated carbocycles. The molecule has 1 aromatic carbocycles. The second-order valence-corrected chi connectivity index (χ2v) is 5.76. The Kier molecular flexibility index (Phi) is 3.37. The second-order valence-electron chi connectivity index (χ2n) is 4.91. The summed E-state index contributed by atoms with van der Waals surface area (Å²) in [6.07, 6.45) is 5.46. The van der Waals surface area contributed by atoms with Crippen LogP contribution in [0.25, 0.3) is 5.69 Å². The van der Waals surface area contributed by atoms with Gasteiger partial charge in [0.2, 0.25) is 0 Å². The first-order valence-corrected chi connectivity index (χ1v) is 7.29. The van der Waals surface area contributed by atoms with Crippen LogP contribution in [0.2, 0.25) is 0 Å². The van der Waals surface area contributed by atoms with Crippen molar-refractivity contribution in [3.05, 3.63) is 46.2 Å². The molecule has 0 bridgehead atoms. The zero-order valence-corrected chi connectivity index (χ0v) is 12.5. The summed E-state index contributed by atoms with van der Waals surface area (Å²) in [7, 11) is 1.68. The summed E-state index contributed by atoms with van der Waals surface area (Å²) in [4.78, 5) is 0. The van der Waals surface area contributed by atoms with E-state index in [4.69, 9.17) is 10.5 Å². The molecule has 1 heterocycles. The number of ether oxygens (including phenoxy) is 1. The quantitative estimate of drug-likeness (QED) is 0.918. The summed E-state index contributed by atoms with van der Waals surface area (Å²) in [5, 5.41) is 0. The first-order valence-electron chi connectivity index (χ1n) is 6.50. The van der Waals surface area contributed by atoms with Crippen molar-refractivity contribution in [2.45, 2.75) is 25.3 Å². The molecule has 2 aromatic rings. The monoisotopic (exact) mass is 320 g/mol. The van der Waals surface area contributed by atoms with Crippen LogP contribution in [-0.2, 0) is 6.42 Å². The maximum Gasteiger partial charge on any atom is 0.133 e. The molecule has 0 amide bonds. The Morgan fingerprint density at radius 1 is 1.37 bits per heavy atom. The number of rotatable bonds is 2. The highest BCUT2D eigenvalue weighted by molar-refractivity contribution is 9.10. The molecular weight excluding hydrogens is 304 g/mol. The van der Waals surface area contributed by atoms with Gasteiger partial charge in [-0.15, -0.1) is 0 Å². The Hall–Kier alpha value is -1.26. The molecule has 1 atom stereocenters. The first-order chi connectivity index (χ1) is 9.20. The van der Waals surface area contributed by atoms with Gasteiger partial charge in [0.15, 0.2) is 0 Å². The molecule has 0 saturated heterocycles. The van der Waals surface area contributed by atoms with E-state index in [9.17, 15) is 0 Å². The lowest BCUT2D eigenvalue weighted by atomic mass is 9.93. The number of aromatic nitrogens is 1. The van der Waals surface area contributed by atoms with Crippen LogP contribution in [0.4, 0.5) is 0 Å². The lowest BCUT2D eigenvalue weighted by Crippen LogP contribution is -2.17. The molecular formula is C15H17BrN2O. The van der Waals surface area contributed by atoms with E-state index in [1.807, 2.05) is 6.07 Å². The molecule has 2 N–H and O–H groups in total. The number of nitrogens with two attached hydrogens (primary N) is 1. The van der Waals surface area contributed by atoms with Crippen molar-refractivity contribution in [3.8, 4) is 11.4 Å². The molecule has 4 heteroatoms. The number of fused-ring (bicyclic) bond motifs is 1. The summed E-state index contributed by atoms with van der Waals surface area (Å²) in [6.45, 7) is 0. The van der Waals surface area contributed by atoms with E-state index in [0.29, 0.717) is 0 Å². The molecule has 1 aromatic heterocycles. The maximum atomic E-state index is 6.17. The molecule has 0 aliphatic heterocycles. The highest BCUT2D eigenvalue weighted by Crippen LogP contribution is 2.33. The van der Waals surface area contributed by atoms with Crippen LogP contribution in [0, 0.1) is 0 Å². The molecule has 3 nitrogen and oxygen atoms in total. The average molecular weight is 321 g/mol. The third kappa shape index (κ3) is 2.19. The predicted molar refractivity (Wildman–Crippen MR) is 79.9 cm³/mol. The SMILES string of the molecule is COc1ccc(-n2ccc3c2CCCC3N)cc1Br. The van der Waals surface area contributed by atoms with Crippen LogP contribution in [-0.4, -0.2) is 11.7 Å². The summed E-state index contributed by atoms with van der Waals surface area (Å²) in [5.74, 6) is 0.849. The van der Waals surface area contributed by atoms with Gasteiger partial charge in [-0.1, -0.05) is 0 Å². The minimum atomic E-state index is 0.187. The zero-order valence-electron chi connectivity index (χ0n) is 10.9. The van der Waals surface area contributed by atoms with Crippen LogP contribution in [0.15, 0.2) is 34.9 Å². The highest BCUT2D eigenvalue weighted by atomic mass is 79.9. The van der Waals surface area contributed by atoms with Crippen LogP contribution in [0.3, 0.4) is 0 Å².